The zero-order valence-corrected chi connectivity index (χ0v) is 19.7. The summed E-state index contributed by atoms with van der Waals surface area (Å²) in [7, 11) is 3.38. The maximum absolute atomic E-state index is 14.2. The number of fused-ring (bicyclic) bond motifs is 2. The molecule has 0 saturated heterocycles. The van der Waals surface area contributed by atoms with Gasteiger partial charge in [-0.3, -0.25) is 9.52 Å². The van der Waals surface area contributed by atoms with Crippen molar-refractivity contribution in [1.82, 2.24) is 4.72 Å². The van der Waals surface area contributed by atoms with Crippen LogP contribution in [-0.2, 0) is 36.1 Å². The van der Waals surface area contributed by atoms with Crippen LogP contribution >= 0.6 is 23.3 Å². The molecule has 1 aromatic heterocycles. The van der Waals surface area contributed by atoms with E-state index >= 15 is 0 Å². The Labute approximate surface area is 186 Å². The summed E-state index contributed by atoms with van der Waals surface area (Å²) >= 11 is 3.21. The van der Waals surface area contributed by atoms with Crippen LogP contribution in [0.3, 0.4) is 0 Å². The third kappa shape index (κ3) is 5.62. The Hall–Kier alpha value is -1.45. The van der Waals surface area contributed by atoms with E-state index in [0.717, 1.165) is 72.0 Å². The molecule has 0 radical (unpaired) electrons. The normalized spacial score (nSPS) is 14.1. The van der Waals surface area contributed by atoms with Crippen molar-refractivity contribution in [1.29, 1.82) is 0 Å². The van der Waals surface area contributed by atoms with Gasteiger partial charge in [-0.1, -0.05) is 0 Å². The zero-order valence-electron chi connectivity index (χ0n) is 18.1. The quantitative estimate of drug-likeness (QED) is 0.404. The van der Waals surface area contributed by atoms with Gasteiger partial charge in [0.1, 0.15) is 5.82 Å². The number of halogens is 1. The number of hydrogen-bond acceptors (Lipinski definition) is 6. The van der Waals surface area contributed by atoms with Crippen LogP contribution in [0, 0.1) is 5.82 Å². The molecule has 0 saturated carbocycles. The monoisotopic (exact) mass is 453 g/mol. The molecular weight excluding hydrogens is 421 g/mol. The first kappa shape index (κ1) is 24.8. The third-order valence-electron chi connectivity index (χ3n) is 5.26. The summed E-state index contributed by atoms with van der Waals surface area (Å²) in [6, 6.07) is 2.01. The van der Waals surface area contributed by atoms with Gasteiger partial charge in [-0.25, -0.2) is 4.39 Å². The highest BCUT2D eigenvalue weighted by Gasteiger charge is 2.28. The lowest BCUT2D eigenvalue weighted by Crippen LogP contribution is -2.13. The van der Waals surface area contributed by atoms with Gasteiger partial charge in [-0.15, -0.1) is 11.3 Å². The van der Waals surface area contributed by atoms with Gasteiger partial charge in [0.15, 0.2) is 0 Å². The Morgan fingerprint density at radius 2 is 1.67 bits per heavy atom. The summed E-state index contributed by atoms with van der Waals surface area (Å²) in [6.07, 6.45) is 6.16. The van der Waals surface area contributed by atoms with Crippen LogP contribution in [0.15, 0.2) is 15.7 Å². The molecule has 0 atom stereocenters. The van der Waals surface area contributed by atoms with E-state index in [1.54, 1.807) is 37.1 Å². The van der Waals surface area contributed by atoms with Crippen LogP contribution in [0.2, 0.25) is 0 Å². The van der Waals surface area contributed by atoms with Crippen molar-refractivity contribution in [2.45, 2.75) is 62.2 Å². The van der Waals surface area contributed by atoms with Gasteiger partial charge in [0.2, 0.25) is 6.41 Å². The van der Waals surface area contributed by atoms with Crippen molar-refractivity contribution in [2.24, 2.45) is 5.73 Å². The fraction of sp³-hybridized carbons (Fsp3) is 0.500. The lowest BCUT2D eigenvalue weighted by molar-refractivity contribution is -0.105. The van der Waals surface area contributed by atoms with Gasteiger partial charge in [0.25, 0.3) is 0 Å². The summed E-state index contributed by atoms with van der Waals surface area (Å²) in [5.41, 5.74) is 9.47. The van der Waals surface area contributed by atoms with E-state index < -0.39 is 5.60 Å². The highest BCUT2D eigenvalue weighted by molar-refractivity contribution is 7.99. The molecular formula is C22H32FN3O2S2. The van der Waals surface area contributed by atoms with Gasteiger partial charge in [0, 0.05) is 5.69 Å². The molecule has 5 N–H and O–H groups in total. The van der Waals surface area contributed by atoms with E-state index in [-0.39, 0.29) is 5.82 Å². The molecule has 0 fully saturated rings. The Morgan fingerprint density at radius 1 is 1.13 bits per heavy atom. The number of nitrogens with two attached hydrogens (primary N) is 1. The van der Waals surface area contributed by atoms with Crippen molar-refractivity contribution in [3.05, 3.63) is 45.1 Å². The van der Waals surface area contributed by atoms with E-state index in [0.29, 0.717) is 6.41 Å². The summed E-state index contributed by atoms with van der Waals surface area (Å²) in [4.78, 5) is 10.7. The predicted molar refractivity (Wildman–Crippen MR) is 125 cm³/mol. The van der Waals surface area contributed by atoms with Crippen LogP contribution in [0.25, 0.3) is 0 Å². The molecule has 0 aliphatic heterocycles. The lowest BCUT2D eigenvalue weighted by atomic mass is 9.98. The molecule has 30 heavy (non-hydrogen) atoms. The molecule has 2 aliphatic carbocycles. The second-order valence-corrected chi connectivity index (χ2v) is 9.81. The van der Waals surface area contributed by atoms with Crippen LogP contribution in [-0.4, -0.2) is 25.6 Å². The summed E-state index contributed by atoms with van der Waals surface area (Å²) in [5, 5.41) is 14.4. The largest absolute Gasteiger partial charge is 0.386 e. The maximum Gasteiger partial charge on any atom is 0.211 e. The zero-order chi connectivity index (χ0) is 22.3. The first-order valence-corrected chi connectivity index (χ1v) is 11.8. The molecule has 0 bridgehead atoms. The molecule has 5 nitrogen and oxygen atoms in total. The Balaban J connectivity index is 0.000000205. The first-order valence-electron chi connectivity index (χ1n) is 10.1. The van der Waals surface area contributed by atoms with Gasteiger partial charge in [-0.2, -0.15) is 0 Å². The van der Waals surface area contributed by atoms with E-state index in [2.05, 4.69) is 15.8 Å². The summed E-state index contributed by atoms with van der Waals surface area (Å²) in [5.74, 6) is 0.0106. The number of hydrogen-bond donors (Lipinski definition) is 4. The second-order valence-electron chi connectivity index (χ2n) is 7.59. The highest BCUT2D eigenvalue weighted by Crippen LogP contribution is 2.40. The van der Waals surface area contributed by atoms with Crippen LogP contribution in [0.1, 0.15) is 54.5 Å². The fourth-order valence-electron chi connectivity index (χ4n) is 3.91. The molecule has 2 aromatic rings. The number of carbonyl (C=O) groups is 1. The predicted octanol–water partition coefficient (Wildman–Crippen LogP) is 4.15. The van der Waals surface area contributed by atoms with Crippen molar-refractivity contribution in [2.75, 3.05) is 19.4 Å². The lowest BCUT2D eigenvalue weighted by Gasteiger charge is -2.14. The van der Waals surface area contributed by atoms with Crippen LogP contribution < -0.4 is 15.8 Å². The number of rotatable bonds is 5. The summed E-state index contributed by atoms with van der Waals surface area (Å²) in [6.45, 7) is 3.59. The molecule has 4 rings (SSSR count). The van der Waals surface area contributed by atoms with Crippen LogP contribution in [0.5, 0.6) is 0 Å². The topological polar surface area (TPSA) is 87.4 Å². The third-order valence-corrected chi connectivity index (χ3v) is 7.04. The van der Waals surface area contributed by atoms with E-state index in [1.165, 1.54) is 11.3 Å². The molecule has 166 valence electrons. The minimum absolute atomic E-state index is 0.0106. The molecule has 1 aromatic carbocycles. The van der Waals surface area contributed by atoms with E-state index in [9.17, 15) is 14.3 Å². The van der Waals surface area contributed by atoms with Gasteiger partial charge in [0.05, 0.1) is 9.81 Å². The number of anilines is 1. The van der Waals surface area contributed by atoms with Crippen molar-refractivity contribution in [3.63, 3.8) is 0 Å². The minimum atomic E-state index is -0.719. The average Bonchev–Trinajstić information content (AvgIpc) is 3.47. The standard InChI is InChI=1S/C13H14FNO.C8H13NOS2.CH5N/c14-12-8-3-1-5-10(8)13(15-7-16)11-6-2-4-9(11)12;1-8(2,10)6-4-7(11-5-6)12-9-3;1-2/h7H,1-6H2,(H,15,16);4-5,9-10H,1-3H3;2H2,1H3. The number of nitrogens with one attached hydrogen (secondary N) is 2. The molecule has 1 heterocycles. The van der Waals surface area contributed by atoms with Gasteiger partial charge >= 0.3 is 0 Å². The maximum atomic E-state index is 14.2. The Kier molecular flexibility index (Phi) is 9.31. The molecule has 1 amide bonds. The number of carbonyl (C=O) groups excluding carboxylic acids is 1. The SMILES string of the molecule is CN.CNSc1cc(C(C)(C)O)cs1.O=CNc1c2c(c(F)c3c1CCC3)CCC2. The smallest absolute Gasteiger partial charge is 0.211 e. The highest BCUT2D eigenvalue weighted by atomic mass is 32.2. The second kappa shape index (κ2) is 11.2. The van der Waals surface area contributed by atoms with Crippen molar-refractivity contribution >= 4 is 35.4 Å². The van der Waals surface area contributed by atoms with Crippen LogP contribution in [0.4, 0.5) is 10.1 Å². The Morgan fingerprint density at radius 3 is 2.10 bits per heavy atom. The molecule has 0 spiro atoms. The number of amides is 1. The fourth-order valence-corrected chi connectivity index (χ4v) is 5.68. The molecule has 0 unspecified atom stereocenters. The molecule has 8 heteroatoms. The summed E-state index contributed by atoms with van der Waals surface area (Å²) < 4.78 is 18.3. The van der Waals surface area contributed by atoms with Crippen molar-refractivity contribution < 1.29 is 14.3 Å². The van der Waals surface area contributed by atoms with E-state index in [4.69, 9.17) is 0 Å². The number of benzene rings is 1. The minimum Gasteiger partial charge on any atom is -0.386 e. The first-order chi connectivity index (χ1) is 14.4. The average molecular weight is 454 g/mol. The molecule has 2 aliphatic rings. The van der Waals surface area contributed by atoms with Gasteiger partial charge in [-0.05, 0) is 118 Å². The number of thiophene rings is 1. The van der Waals surface area contributed by atoms with E-state index in [1.807, 2.05) is 18.5 Å². The Bertz CT molecular complexity index is 828. The number of aliphatic hydroxyl groups is 1. The van der Waals surface area contributed by atoms with Gasteiger partial charge < -0.3 is 16.2 Å². The van der Waals surface area contributed by atoms with Crippen molar-refractivity contribution in [3.8, 4) is 0 Å².